The first-order valence-electron chi connectivity index (χ1n) is 9.54. The summed E-state index contributed by atoms with van der Waals surface area (Å²) < 4.78 is 5.61. The zero-order valence-corrected chi connectivity index (χ0v) is 16.4. The topological polar surface area (TPSA) is 62.7 Å². The van der Waals surface area contributed by atoms with Gasteiger partial charge in [-0.05, 0) is 52.5 Å². The summed E-state index contributed by atoms with van der Waals surface area (Å²) in [6.07, 6.45) is 6.98. The van der Waals surface area contributed by atoms with Gasteiger partial charge in [0.2, 0.25) is 6.41 Å². The Morgan fingerprint density at radius 3 is 2.85 bits per heavy atom. The Balaban J connectivity index is 2.38. The minimum Gasteiger partial charge on any atom is -0.443 e. The summed E-state index contributed by atoms with van der Waals surface area (Å²) in [6, 6.07) is 3.79. The zero-order chi connectivity index (χ0) is 19.2. The van der Waals surface area contributed by atoms with E-state index in [1.54, 1.807) is 11.1 Å². The average Bonchev–Trinajstić information content (AvgIpc) is 2.61. The molecule has 2 amide bonds. The number of carbonyl (C=O) groups is 2. The molecule has 0 aliphatic carbocycles. The fraction of sp³-hybridized carbons (Fsp3) is 0.650. The molecule has 1 aliphatic rings. The van der Waals surface area contributed by atoms with Gasteiger partial charge in [-0.1, -0.05) is 19.4 Å². The van der Waals surface area contributed by atoms with Crippen LogP contribution in [0, 0.1) is 0 Å². The average molecular weight is 361 g/mol. The highest BCUT2D eigenvalue weighted by Crippen LogP contribution is 2.35. The Kier molecular flexibility index (Phi) is 7.00. The largest absolute Gasteiger partial charge is 0.443 e. The molecular weight excluding hydrogens is 330 g/mol. The van der Waals surface area contributed by atoms with Crippen molar-refractivity contribution < 1.29 is 14.3 Å². The first-order valence-corrected chi connectivity index (χ1v) is 9.54. The Labute approximate surface area is 156 Å². The fourth-order valence-electron chi connectivity index (χ4n) is 3.23. The molecule has 0 bridgehead atoms. The molecular formula is C20H31N3O3. The van der Waals surface area contributed by atoms with Crippen LogP contribution in [0.2, 0.25) is 0 Å². The molecule has 0 N–H and O–H groups in total. The SMILES string of the molecule is CCCCN(C(=O)OC(C)(C)C)c1ncccc1C1CCCCN1C=O. The van der Waals surface area contributed by atoms with E-state index in [2.05, 4.69) is 11.9 Å². The molecule has 1 fully saturated rings. The summed E-state index contributed by atoms with van der Waals surface area (Å²) in [7, 11) is 0. The predicted molar refractivity (Wildman–Crippen MR) is 102 cm³/mol. The number of aromatic nitrogens is 1. The lowest BCUT2D eigenvalue weighted by molar-refractivity contribution is -0.121. The van der Waals surface area contributed by atoms with Gasteiger partial charge >= 0.3 is 6.09 Å². The summed E-state index contributed by atoms with van der Waals surface area (Å²) in [6.45, 7) is 8.95. The Morgan fingerprint density at radius 2 is 2.19 bits per heavy atom. The number of piperidine rings is 1. The van der Waals surface area contributed by atoms with Gasteiger partial charge in [-0.25, -0.2) is 9.78 Å². The van der Waals surface area contributed by atoms with Gasteiger partial charge in [0.25, 0.3) is 0 Å². The zero-order valence-electron chi connectivity index (χ0n) is 16.4. The van der Waals surface area contributed by atoms with Crippen molar-refractivity contribution in [3.63, 3.8) is 0 Å². The van der Waals surface area contributed by atoms with Crippen LogP contribution < -0.4 is 4.90 Å². The van der Waals surface area contributed by atoms with E-state index in [9.17, 15) is 9.59 Å². The molecule has 6 heteroatoms. The van der Waals surface area contributed by atoms with Gasteiger partial charge in [-0.3, -0.25) is 9.69 Å². The van der Waals surface area contributed by atoms with Crippen molar-refractivity contribution in [1.82, 2.24) is 9.88 Å². The standard InChI is InChI=1S/C20H31N3O3/c1-5-6-14-23(19(25)26-20(2,3)4)18-16(10-9-12-21-18)17-11-7-8-13-22(17)15-24/h9-10,12,15,17H,5-8,11,13-14H2,1-4H3. The molecule has 0 saturated carbocycles. The van der Waals surface area contributed by atoms with E-state index in [-0.39, 0.29) is 12.1 Å². The number of hydrogen-bond donors (Lipinski definition) is 0. The number of pyridine rings is 1. The maximum Gasteiger partial charge on any atom is 0.416 e. The third-order valence-corrected chi connectivity index (χ3v) is 4.46. The number of hydrogen-bond acceptors (Lipinski definition) is 4. The van der Waals surface area contributed by atoms with E-state index in [4.69, 9.17) is 4.74 Å². The first-order chi connectivity index (χ1) is 12.4. The van der Waals surface area contributed by atoms with Gasteiger partial charge < -0.3 is 9.64 Å². The minimum absolute atomic E-state index is 0.0449. The summed E-state index contributed by atoms with van der Waals surface area (Å²) in [5.74, 6) is 0.606. The summed E-state index contributed by atoms with van der Waals surface area (Å²) in [5.41, 5.74) is 0.345. The summed E-state index contributed by atoms with van der Waals surface area (Å²) in [5, 5.41) is 0. The molecule has 0 spiro atoms. The minimum atomic E-state index is -0.573. The van der Waals surface area contributed by atoms with Crippen molar-refractivity contribution >= 4 is 18.3 Å². The van der Waals surface area contributed by atoms with E-state index in [1.807, 2.05) is 37.8 Å². The normalized spacial score (nSPS) is 17.7. The van der Waals surface area contributed by atoms with Crippen LogP contribution in [0.5, 0.6) is 0 Å². The molecule has 1 atom stereocenters. The lowest BCUT2D eigenvalue weighted by Gasteiger charge is -2.35. The summed E-state index contributed by atoms with van der Waals surface area (Å²) >= 11 is 0. The quantitative estimate of drug-likeness (QED) is 0.709. The number of amides is 2. The number of rotatable bonds is 6. The van der Waals surface area contributed by atoms with Crippen LogP contribution in [0.3, 0.4) is 0 Å². The third kappa shape index (κ3) is 5.19. The smallest absolute Gasteiger partial charge is 0.416 e. The molecule has 1 aromatic heterocycles. The van der Waals surface area contributed by atoms with Crippen LogP contribution in [0.1, 0.15) is 71.4 Å². The van der Waals surface area contributed by atoms with Crippen LogP contribution in [-0.4, -0.2) is 41.1 Å². The second kappa shape index (κ2) is 9.01. The molecule has 0 aromatic carbocycles. The van der Waals surface area contributed by atoms with E-state index >= 15 is 0 Å². The van der Waals surface area contributed by atoms with Crippen molar-refractivity contribution in [2.24, 2.45) is 0 Å². The number of unbranched alkanes of at least 4 members (excludes halogenated alkanes) is 1. The summed E-state index contributed by atoms with van der Waals surface area (Å²) in [4.78, 5) is 32.3. The van der Waals surface area contributed by atoms with Gasteiger partial charge in [0.1, 0.15) is 11.4 Å². The lowest BCUT2D eigenvalue weighted by atomic mass is 9.96. The number of ether oxygens (including phenoxy) is 1. The molecule has 26 heavy (non-hydrogen) atoms. The van der Waals surface area contributed by atoms with Gasteiger partial charge in [-0.15, -0.1) is 0 Å². The van der Waals surface area contributed by atoms with Gasteiger partial charge in [0.15, 0.2) is 0 Å². The number of likely N-dealkylation sites (tertiary alicyclic amines) is 1. The van der Waals surface area contributed by atoms with E-state index in [0.717, 1.165) is 50.6 Å². The molecule has 0 radical (unpaired) electrons. The second-order valence-electron chi connectivity index (χ2n) is 7.76. The maximum atomic E-state index is 12.8. The number of nitrogens with zero attached hydrogens (tertiary/aromatic N) is 3. The Morgan fingerprint density at radius 1 is 1.42 bits per heavy atom. The van der Waals surface area contributed by atoms with Gasteiger partial charge in [0.05, 0.1) is 6.04 Å². The van der Waals surface area contributed by atoms with E-state index in [0.29, 0.717) is 12.4 Å². The highest BCUT2D eigenvalue weighted by atomic mass is 16.6. The van der Waals surface area contributed by atoms with Crippen molar-refractivity contribution in [1.29, 1.82) is 0 Å². The van der Waals surface area contributed by atoms with Crippen LogP contribution in [0.4, 0.5) is 10.6 Å². The molecule has 1 saturated heterocycles. The molecule has 1 aromatic rings. The first kappa shape index (κ1) is 20.2. The van der Waals surface area contributed by atoms with Crippen molar-refractivity contribution in [2.45, 2.75) is 71.4 Å². The Bertz CT molecular complexity index is 613. The lowest BCUT2D eigenvalue weighted by Crippen LogP contribution is -2.40. The Hall–Kier alpha value is -2.11. The number of anilines is 1. The second-order valence-corrected chi connectivity index (χ2v) is 7.76. The molecule has 2 rings (SSSR count). The molecule has 144 valence electrons. The third-order valence-electron chi connectivity index (χ3n) is 4.46. The van der Waals surface area contributed by atoms with E-state index < -0.39 is 5.60 Å². The predicted octanol–water partition coefficient (Wildman–Crippen LogP) is 4.31. The fourth-order valence-corrected chi connectivity index (χ4v) is 3.23. The van der Waals surface area contributed by atoms with Crippen molar-refractivity contribution in [3.05, 3.63) is 23.9 Å². The van der Waals surface area contributed by atoms with Crippen LogP contribution >= 0.6 is 0 Å². The highest BCUT2D eigenvalue weighted by Gasteiger charge is 2.30. The van der Waals surface area contributed by atoms with Crippen LogP contribution in [-0.2, 0) is 9.53 Å². The highest BCUT2D eigenvalue weighted by molar-refractivity contribution is 5.87. The van der Waals surface area contributed by atoms with Crippen LogP contribution in [0.15, 0.2) is 18.3 Å². The maximum absolute atomic E-state index is 12.8. The van der Waals surface area contributed by atoms with Crippen molar-refractivity contribution in [3.8, 4) is 0 Å². The molecule has 2 heterocycles. The van der Waals surface area contributed by atoms with E-state index in [1.165, 1.54) is 0 Å². The molecule has 6 nitrogen and oxygen atoms in total. The monoisotopic (exact) mass is 361 g/mol. The molecule has 1 unspecified atom stereocenters. The van der Waals surface area contributed by atoms with Gasteiger partial charge in [-0.2, -0.15) is 0 Å². The number of carbonyl (C=O) groups excluding carboxylic acids is 2. The van der Waals surface area contributed by atoms with Crippen molar-refractivity contribution in [2.75, 3.05) is 18.0 Å². The molecule has 1 aliphatic heterocycles. The van der Waals surface area contributed by atoms with Gasteiger partial charge in [0, 0.05) is 24.8 Å². The van der Waals surface area contributed by atoms with Crippen LogP contribution in [0.25, 0.3) is 0 Å².